The van der Waals surface area contributed by atoms with Crippen LogP contribution >= 0.6 is 22.9 Å². The summed E-state index contributed by atoms with van der Waals surface area (Å²) in [7, 11) is 0. The highest BCUT2D eigenvalue weighted by Crippen LogP contribution is 2.34. The van der Waals surface area contributed by atoms with Crippen LogP contribution in [-0.2, 0) is 0 Å². The van der Waals surface area contributed by atoms with Crippen molar-refractivity contribution in [1.29, 1.82) is 0 Å². The van der Waals surface area contributed by atoms with Crippen molar-refractivity contribution in [3.8, 4) is 0 Å². The van der Waals surface area contributed by atoms with Gasteiger partial charge < -0.3 is 15.5 Å². The number of nitrogens with one attached hydrogen (secondary N) is 2. The van der Waals surface area contributed by atoms with Gasteiger partial charge in [-0.05, 0) is 49.2 Å². The average molecular weight is 446 g/mol. The van der Waals surface area contributed by atoms with Crippen LogP contribution in [0.4, 0.5) is 20.6 Å². The summed E-state index contributed by atoms with van der Waals surface area (Å²) < 4.78 is 13.8. The summed E-state index contributed by atoms with van der Waals surface area (Å²) in [5, 5.41) is 14.8. The fraction of sp³-hybridized carbons (Fsp3) is 0.200. The molecule has 1 fully saturated rings. The number of aromatic nitrogens is 2. The summed E-state index contributed by atoms with van der Waals surface area (Å²) in [4.78, 5) is 26.7. The first-order valence-electron chi connectivity index (χ1n) is 9.24. The van der Waals surface area contributed by atoms with Crippen molar-refractivity contribution in [3.05, 3.63) is 69.4 Å². The zero-order valence-corrected chi connectivity index (χ0v) is 17.2. The molecule has 3 amide bonds. The van der Waals surface area contributed by atoms with Crippen LogP contribution in [0.3, 0.4) is 0 Å². The normalized spacial score (nSPS) is 15.8. The Bertz CT molecular complexity index is 1080. The Morgan fingerprint density at radius 3 is 2.63 bits per heavy atom. The lowest BCUT2D eigenvalue weighted by atomic mass is 10.2. The number of hydrogen-bond acceptors (Lipinski definition) is 5. The minimum atomic E-state index is -0.501. The number of rotatable bonds is 4. The smallest absolute Gasteiger partial charge is 0.320 e. The monoisotopic (exact) mass is 445 g/mol. The second-order valence-electron chi connectivity index (χ2n) is 6.67. The predicted molar refractivity (Wildman–Crippen MR) is 113 cm³/mol. The maximum Gasteiger partial charge on any atom is 0.322 e. The van der Waals surface area contributed by atoms with Crippen LogP contribution in [-0.4, -0.2) is 33.6 Å². The number of hydrogen-bond donors (Lipinski definition) is 2. The van der Waals surface area contributed by atoms with E-state index in [0.29, 0.717) is 28.7 Å². The summed E-state index contributed by atoms with van der Waals surface area (Å²) in [6.45, 7) is 0.511. The minimum absolute atomic E-state index is 0.119. The molecular weight excluding hydrogens is 429 g/mol. The van der Waals surface area contributed by atoms with E-state index in [1.165, 1.54) is 12.1 Å². The lowest BCUT2D eigenvalue weighted by molar-refractivity contribution is 0.102. The highest BCUT2D eigenvalue weighted by Gasteiger charge is 2.33. The van der Waals surface area contributed by atoms with Gasteiger partial charge in [0.1, 0.15) is 10.8 Å². The molecule has 2 heterocycles. The van der Waals surface area contributed by atoms with Gasteiger partial charge in [-0.2, -0.15) is 0 Å². The SMILES string of the molecule is O=C(Nc1ccc(Cl)cc1)c1nnc(C2CCCN2C(=O)Nc2ccccc2F)s1. The second kappa shape index (κ2) is 8.76. The number of para-hydroxylation sites is 1. The van der Waals surface area contributed by atoms with E-state index in [-0.39, 0.29) is 22.6 Å². The van der Waals surface area contributed by atoms with Crippen molar-refractivity contribution in [1.82, 2.24) is 15.1 Å². The first-order valence-corrected chi connectivity index (χ1v) is 10.4. The molecule has 2 N–H and O–H groups in total. The number of carbonyl (C=O) groups is 2. The van der Waals surface area contributed by atoms with Crippen LogP contribution in [0.1, 0.15) is 33.7 Å². The number of amides is 3. The molecule has 10 heteroatoms. The van der Waals surface area contributed by atoms with E-state index in [1.807, 2.05) is 0 Å². The van der Waals surface area contributed by atoms with Gasteiger partial charge in [-0.25, -0.2) is 9.18 Å². The molecule has 1 unspecified atom stereocenters. The maximum atomic E-state index is 13.8. The molecule has 0 spiro atoms. The quantitative estimate of drug-likeness (QED) is 0.594. The Labute approximate surface area is 180 Å². The van der Waals surface area contributed by atoms with Gasteiger partial charge in [0.05, 0.1) is 11.7 Å². The molecular formula is C20H17ClFN5O2S. The first kappa shape index (κ1) is 20.2. The number of carbonyl (C=O) groups excluding carboxylic acids is 2. The van der Waals surface area contributed by atoms with Crippen LogP contribution in [0.2, 0.25) is 5.02 Å². The minimum Gasteiger partial charge on any atom is -0.320 e. The highest BCUT2D eigenvalue weighted by atomic mass is 35.5. The molecule has 1 aliphatic rings. The largest absolute Gasteiger partial charge is 0.322 e. The molecule has 1 aliphatic heterocycles. The summed E-state index contributed by atoms with van der Waals surface area (Å²) in [6, 6.07) is 12.0. The van der Waals surface area contributed by atoms with Gasteiger partial charge in [0.15, 0.2) is 0 Å². The average Bonchev–Trinajstić information content (AvgIpc) is 3.40. The van der Waals surface area contributed by atoms with Crippen molar-refractivity contribution < 1.29 is 14.0 Å². The maximum absolute atomic E-state index is 13.8. The van der Waals surface area contributed by atoms with Crippen molar-refractivity contribution >= 4 is 46.3 Å². The zero-order valence-electron chi connectivity index (χ0n) is 15.6. The summed E-state index contributed by atoms with van der Waals surface area (Å²) in [6.07, 6.45) is 1.47. The fourth-order valence-corrected chi connectivity index (χ4v) is 4.21. The number of urea groups is 1. The molecule has 4 rings (SSSR count). The summed E-state index contributed by atoms with van der Waals surface area (Å²) >= 11 is 6.98. The first-order chi connectivity index (χ1) is 14.5. The molecule has 1 saturated heterocycles. The lowest BCUT2D eigenvalue weighted by Gasteiger charge is -2.23. The number of anilines is 2. The standard InChI is InChI=1S/C20H17ClFN5O2S/c21-12-7-9-13(10-8-12)23-17(28)19-26-25-18(30-19)16-6-3-11-27(16)20(29)24-15-5-2-1-4-14(15)22/h1-2,4-5,7-10,16H,3,6,11H2,(H,23,28)(H,24,29). The molecule has 0 bridgehead atoms. The Morgan fingerprint density at radius 2 is 1.87 bits per heavy atom. The molecule has 3 aromatic rings. The van der Waals surface area contributed by atoms with E-state index in [2.05, 4.69) is 20.8 Å². The van der Waals surface area contributed by atoms with E-state index < -0.39 is 11.8 Å². The highest BCUT2D eigenvalue weighted by molar-refractivity contribution is 7.13. The molecule has 2 aromatic carbocycles. The Morgan fingerprint density at radius 1 is 1.10 bits per heavy atom. The van der Waals surface area contributed by atoms with Crippen LogP contribution in [0.15, 0.2) is 48.5 Å². The van der Waals surface area contributed by atoms with Crippen molar-refractivity contribution in [3.63, 3.8) is 0 Å². The van der Waals surface area contributed by atoms with Crippen molar-refractivity contribution in [2.45, 2.75) is 18.9 Å². The lowest BCUT2D eigenvalue weighted by Crippen LogP contribution is -2.34. The molecule has 0 aliphatic carbocycles. The molecule has 0 saturated carbocycles. The Kier molecular flexibility index (Phi) is 5.91. The van der Waals surface area contributed by atoms with E-state index in [4.69, 9.17) is 11.6 Å². The molecule has 30 heavy (non-hydrogen) atoms. The van der Waals surface area contributed by atoms with E-state index >= 15 is 0 Å². The predicted octanol–water partition coefficient (Wildman–Crippen LogP) is 4.95. The molecule has 7 nitrogen and oxygen atoms in total. The van der Waals surface area contributed by atoms with E-state index in [0.717, 1.165) is 17.8 Å². The number of halogens is 2. The third-order valence-corrected chi connectivity index (χ3v) is 5.93. The van der Waals surface area contributed by atoms with Gasteiger partial charge in [0, 0.05) is 17.3 Å². The van der Waals surface area contributed by atoms with Crippen molar-refractivity contribution in [2.24, 2.45) is 0 Å². The van der Waals surface area contributed by atoms with Gasteiger partial charge in [0.2, 0.25) is 5.01 Å². The van der Waals surface area contributed by atoms with E-state index in [1.54, 1.807) is 41.3 Å². The van der Waals surface area contributed by atoms with Gasteiger partial charge in [-0.3, -0.25) is 4.79 Å². The summed E-state index contributed by atoms with van der Waals surface area (Å²) in [5.41, 5.74) is 0.710. The van der Waals surface area contributed by atoms with Crippen molar-refractivity contribution in [2.75, 3.05) is 17.2 Å². The van der Waals surface area contributed by atoms with Crippen LogP contribution in [0.25, 0.3) is 0 Å². The number of nitrogens with zero attached hydrogens (tertiary/aromatic N) is 3. The summed E-state index contributed by atoms with van der Waals surface area (Å²) in [5.74, 6) is -0.889. The number of likely N-dealkylation sites (tertiary alicyclic amines) is 1. The van der Waals surface area contributed by atoms with Crippen LogP contribution in [0, 0.1) is 5.82 Å². The molecule has 1 atom stereocenters. The molecule has 154 valence electrons. The van der Waals surface area contributed by atoms with Crippen LogP contribution in [0.5, 0.6) is 0 Å². The Balaban J connectivity index is 1.45. The zero-order chi connectivity index (χ0) is 21.1. The van der Waals surface area contributed by atoms with E-state index in [9.17, 15) is 14.0 Å². The topological polar surface area (TPSA) is 87.2 Å². The second-order valence-corrected chi connectivity index (χ2v) is 8.11. The third-order valence-electron chi connectivity index (χ3n) is 4.65. The molecule has 0 radical (unpaired) electrons. The van der Waals surface area contributed by atoms with Crippen LogP contribution < -0.4 is 10.6 Å². The fourth-order valence-electron chi connectivity index (χ4n) is 3.19. The molecule has 1 aromatic heterocycles. The Hall–Kier alpha value is -3.04. The van der Waals surface area contributed by atoms with Gasteiger partial charge in [-0.1, -0.05) is 35.1 Å². The van der Waals surface area contributed by atoms with Gasteiger partial charge in [-0.15, -0.1) is 10.2 Å². The van der Waals surface area contributed by atoms with Gasteiger partial charge >= 0.3 is 6.03 Å². The third kappa shape index (κ3) is 4.42. The number of benzene rings is 2. The van der Waals surface area contributed by atoms with Gasteiger partial charge in [0.25, 0.3) is 5.91 Å².